The van der Waals surface area contributed by atoms with Crippen LogP contribution in [0.4, 0.5) is 0 Å². The first-order valence-electron chi connectivity index (χ1n) is 6.72. The van der Waals surface area contributed by atoms with Crippen molar-refractivity contribution in [2.24, 2.45) is 11.1 Å². The van der Waals surface area contributed by atoms with E-state index in [1.807, 2.05) is 0 Å². The zero-order chi connectivity index (χ0) is 14.4. The quantitative estimate of drug-likeness (QED) is 0.805. The number of thiophene rings is 1. The Balaban J connectivity index is 1.74. The summed E-state index contributed by atoms with van der Waals surface area (Å²) in [6.45, 7) is 5.06. The van der Waals surface area contributed by atoms with E-state index in [1.54, 1.807) is 17.5 Å². The zero-order valence-electron chi connectivity index (χ0n) is 11.6. The molecule has 3 rings (SSSR count). The molecule has 0 amide bonds. The molecule has 2 unspecified atom stereocenters. The van der Waals surface area contributed by atoms with Crippen molar-refractivity contribution in [2.45, 2.75) is 36.5 Å². The van der Waals surface area contributed by atoms with Gasteiger partial charge in [-0.25, -0.2) is 0 Å². The molecule has 20 heavy (non-hydrogen) atoms. The number of oxime groups is 1. The molecule has 1 fully saturated rings. The minimum absolute atomic E-state index is 0.345. The predicted molar refractivity (Wildman–Crippen MR) is 78.3 cm³/mol. The van der Waals surface area contributed by atoms with E-state index in [-0.39, 0.29) is 0 Å². The molecular weight excluding hydrogens is 296 g/mol. The van der Waals surface area contributed by atoms with Gasteiger partial charge in [0, 0.05) is 25.5 Å². The molecule has 0 saturated carbocycles. The van der Waals surface area contributed by atoms with Gasteiger partial charge < -0.3 is 9.39 Å². The van der Waals surface area contributed by atoms with Crippen LogP contribution < -0.4 is 0 Å². The van der Waals surface area contributed by atoms with Crippen LogP contribution in [0.2, 0.25) is 0 Å². The van der Waals surface area contributed by atoms with E-state index in [9.17, 15) is 8.76 Å². The summed E-state index contributed by atoms with van der Waals surface area (Å²) in [6, 6.07) is 3.41. The highest BCUT2D eigenvalue weighted by atomic mass is 32.3. The van der Waals surface area contributed by atoms with Crippen molar-refractivity contribution in [3.63, 3.8) is 0 Å². The number of sulfonamides is 1. The molecule has 110 valence electrons. The molecule has 1 aromatic rings. The largest absolute Gasteiger partial charge is 0.592 e. The van der Waals surface area contributed by atoms with Crippen LogP contribution in [-0.2, 0) is 19.4 Å². The van der Waals surface area contributed by atoms with Crippen LogP contribution in [0.1, 0.15) is 26.7 Å². The third-order valence-electron chi connectivity index (χ3n) is 3.90. The summed E-state index contributed by atoms with van der Waals surface area (Å²) in [5, 5.41) is 5.93. The smallest absolute Gasteiger partial charge is 0.229 e. The molecule has 3 heterocycles. The van der Waals surface area contributed by atoms with Crippen LogP contribution in [0.15, 0.2) is 26.9 Å². The molecule has 5 nitrogen and oxygen atoms in total. The minimum atomic E-state index is -3.38. The van der Waals surface area contributed by atoms with E-state index in [2.05, 4.69) is 19.0 Å². The van der Waals surface area contributed by atoms with Gasteiger partial charge >= 0.3 is 0 Å². The molecule has 0 radical (unpaired) electrons. The van der Waals surface area contributed by atoms with Gasteiger partial charge in [0.25, 0.3) is 0 Å². The monoisotopic (exact) mass is 314 g/mol. The number of nitrogens with zero attached hydrogens (tertiary/aromatic N) is 2. The molecule has 0 aromatic carbocycles. The van der Waals surface area contributed by atoms with Crippen molar-refractivity contribution in [3.05, 3.63) is 17.5 Å². The SMILES string of the molecule is CC(C)C1=NOC2(CCN([S+](=O)([O-])c3cccs3)C2)C1. The molecule has 2 aliphatic heterocycles. The Kier molecular flexibility index (Phi) is 3.48. The zero-order valence-corrected chi connectivity index (χ0v) is 13.2. The van der Waals surface area contributed by atoms with Gasteiger partial charge in [-0.1, -0.05) is 34.5 Å². The van der Waals surface area contributed by atoms with E-state index in [0.717, 1.165) is 12.1 Å². The predicted octanol–water partition coefficient (Wildman–Crippen LogP) is 2.53. The maximum atomic E-state index is 12.5. The van der Waals surface area contributed by atoms with Crippen LogP contribution in [0, 0.1) is 5.92 Å². The van der Waals surface area contributed by atoms with Gasteiger partial charge in [-0.05, 0) is 17.4 Å². The van der Waals surface area contributed by atoms with Crippen molar-refractivity contribution >= 4 is 27.4 Å². The lowest BCUT2D eigenvalue weighted by Crippen LogP contribution is -2.39. The van der Waals surface area contributed by atoms with Crippen LogP contribution in [0.3, 0.4) is 0 Å². The summed E-state index contributed by atoms with van der Waals surface area (Å²) in [7, 11) is -3.38. The molecule has 1 saturated heterocycles. The highest BCUT2D eigenvalue weighted by Crippen LogP contribution is 2.39. The second-order valence-electron chi connectivity index (χ2n) is 5.71. The second-order valence-corrected chi connectivity index (χ2v) is 8.82. The summed E-state index contributed by atoms with van der Waals surface area (Å²) in [5.41, 5.74) is 0.588. The van der Waals surface area contributed by atoms with Crippen LogP contribution in [0.5, 0.6) is 0 Å². The Labute approximate surface area is 124 Å². The normalized spacial score (nSPS) is 29.7. The first kappa shape index (κ1) is 14.2. The molecule has 0 N–H and O–H groups in total. The van der Waals surface area contributed by atoms with Gasteiger partial charge in [0.15, 0.2) is 16.0 Å². The Morgan fingerprint density at radius 3 is 3.00 bits per heavy atom. The molecule has 1 spiro atoms. The summed E-state index contributed by atoms with van der Waals surface area (Å²) in [4.78, 5) is 5.60. The molecule has 0 aliphatic carbocycles. The summed E-state index contributed by atoms with van der Waals surface area (Å²) >= 11 is 1.25. The molecular formula is C13H18N2O3S2. The van der Waals surface area contributed by atoms with Crippen molar-refractivity contribution in [2.75, 3.05) is 13.1 Å². The lowest BCUT2D eigenvalue weighted by molar-refractivity contribution is -0.00603. The van der Waals surface area contributed by atoms with E-state index in [0.29, 0.717) is 29.6 Å². The van der Waals surface area contributed by atoms with Crippen molar-refractivity contribution in [1.29, 1.82) is 0 Å². The molecule has 2 aliphatic rings. The molecule has 2 atom stereocenters. The summed E-state index contributed by atoms with van der Waals surface area (Å²) in [5.74, 6) is 0.345. The minimum Gasteiger partial charge on any atom is -0.592 e. The van der Waals surface area contributed by atoms with Gasteiger partial charge in [0.2, 0.25) is 4.21 Å². The number of hydrogen-bond donors (Lipinski definition) is 0. The molecule has 1 aromatic heterocycles. The fourth-order valence-electron chi connectivity index (χ4n) is 2.63. The third-order valence-corrected chi connectivity index (χ3v) is 7.12. The van der Waals surface area contributed by atoms with Crippen LogP contribution in [0.25, 0.3) is 0 Å². The van der Waals surface area contributed by atoms with Crippen molar-refractivity contribution < 1.29 is 13.6 Å². The average Bonchev–Trinajstić information content (AvgIpc) is 3.11. The average molecular weight is 314 g/mol. The Morgan fingerprint density at radius 1 is 1.60 bits per heavy atom. The number of hydrogen-bond acceptors (Lipinski definition) is 5. The first-order chi connectivity index (χ1) is 9.43. The highest BCUT2D eigenvalue weighted by Gasteiger charge is 2.51. The third kappa shape index (κ3) is 2.32. The highest BCUT2D eigenvalue weighted by molar-refractivity contribution is 7.97. The number of rotatable bonds is 3. The topological polar surface area (TPSA) is 65.0 Å². The summed E-state index contributed by atoms with van der Waals surface area (Å²) in [6.07, 6.45) is 1.44. The van der Waals surface area contributed by atoms with Gasteiger partial charge in [0.1, 0.15) is 0 Å². The second kappa shape index (κ2) is 4.91. The maximum absolute atomic E-state index is 12.5. The van der Waals surface area contributed by atoms with Gasteiger partial charge in [-0.2, -0.15) is 0 Å². The maximum Gasteiger partial charge on any atom is 0.229 e. The molecule has 7 heteroatoms. The lowest BCUT2D eigenvalue weighted by Gasteiger charge is -2.24. The van der Waals surface area contributed by atoms with Gasteiger partial charge in [-0.15, -0.1) is 4.31 Å². The van der Waals surface area contributed by atoms with E-state index < -0.39 is 16.0 Å². The summed E-state index contributed by atoms with van der Waals surface area (Å²) < 4.78 is 26.9. The standard InChI is InChI=1S/C13H18N2O3S2/c1-10(2)11-8-13(18-14-11)5-6-15(9-13)20(16,17)12-4-3-7-19-12/h3-4,7,10H,5-6,8-9H2,1-2H3. The van der Waals surface area contributed by atoms with Crippen LogP contribution >= 0.6 is 11.3 Å². The first-order valence-corrected chi connectivity index (χ1v) is 9.04. The fourth-order valence-corrected chi connectivity index (χ4v) is 5.29. The van der Waals surface area contributed by atoms with E-state index in [1.165, 1.54) is 15.6 Å². The van der Waals surface area contributed by atoms with Gasteiger partial charge in [-0.3, -0.25) is 0 Å². The van der Waals surface area contributed by atoms with Crippen molar-refractivity contribution in [3.8, 4) is 0 Å². The molecule has 0 bridgehead atoms. The Morgan fingerprint density at radius 2 is 2.40 bits per heavy atom. The lowest BCUT2D eigenvalue weighted by atomic mass is 9.92. The van der Waals surface area contributed by atoms with E-state index in [4.69, 9.17) is 4.84 Å². The Bertz CT molecular complexity index is 570. The fraction of sp³-hybridized carbons (Fsp3) is 0.615. The van der Waals surface area contributed by atoms with Crippen molar-refractivity contribution in [1.82, 2.24) is 4.31 Å². The van der Waals surface area contributed by atoms with Crippen LogP contribution in [-0.4, -0.2) is 33.3 Å². The Hall–Kier alpha value is -0.760. The van der Waals surface area contributed by atoms with Gasteiger partial charge in [0.05, 0.1) is 12.3 Å². The van der Waals surface area contributed by atoms with E-state index >= 15 is 0 Å².